The van der Waals surface area contributed by atoms with Crippen LogP contribution < -0.4 is 20.7 Å². The van der Waals surface area contributed by atoms with Crippen molar-refractivity contribution in [3.05, 3.63) is 57.0 Å². The van der Waals surface area contributed by atoms with E-state index < -0.39 is 0 Å². The smallest absolute Gasteiger partial charge is 0.257 e. The van der Waals surface area contributed by atoms with Gasteiger partial charge in [-0.15, -0.1) is 0 Å². The Morgan fingerprint density at radius 1 is 1.12 bits per heavy atom. The number of hydrogen-bond acceptors (Lipinski definition) is 4. The summed E-state index contributed by atoms with van der Waals surface area (Å²) in [4.78, 5) is 25.3. The first-order valence-electron chi connectivity index (χ1n) is 11.0. The predicted molar refractivity (Wildman–Crippen MR) is 139 cm³/mol. The molecule has 176 valence electrons. The van der Waals surface area contributed by atoms with E-state index in [9.17, 15) is 9.59 Å². The van der Waals surface area contributed by atoms with Crippen LogP contribution in [0.2, 0.25) is 5.02 Å². The molecule has 1 aliphatic rings. The fourth-order valence-electron chi connectivity index (χ4n) is 3.60. The van der Waals surface area contributed by atoms with Gasteiger partial charge in [0.25, 0.3) is 11.8 Å². The molecule has 2 amide bonds. The second-order valence-electron chi connectivity index (χ2n) is 7.90. The van der Waals surface area contributed by atoms with E-state index in [0.717, 1.165) is 32.1 Å². The number of nitrogens with one attached hydrogen (secondary N) is 3. The van der Waals surface area contributed by atoms with Crippen molar-refractivity contribution in [1.29, 1.82) is 0 Å². The fourth-order valence-corrected chi connectivity index (χ4v) is 4.50. The van der Waals surface area contributed by atoms with Crippen LogP contribution in [0, 0.1) is 0 Å². The van der Waals surface area contributed by atoms with Gasteiger partial charge in [-0.3, -0.25) is 14.9 Å². The molecule has 6 nitrogen and oxygen atoms in total. The predicted octanol–water partition coefficient (Wildman–Crippen LogP) is 6.08. The highest BCUT2D eigenvalue weighted by Crippen LogP contribution is 2.26. The summed E-state index contributed by atoms with van der Waals surface area (Å²) in [5.74, 6) is 0.106. The van der Waals surface area contributed by atoms with Crippen molar-refractivity contribution in [2.75, 3.05) is 11.9 Å². The molecule has 1 fully saturated rings. The zero-order valence-electron chi connectivity index (χ0n) is 18.4. The van der Waals surface area contributed by atoms with Crippen LogP contribution in [0.3, 0.4) is 0 Å². The van der Waals surface area contributed by atoms with Crippen LogP contribution in [0.15, 0.2) is 40.9 Å². The number of hydrogen-bond donors (Lipinski definition) is 3. The summed E-state index contributed by atoms with van der Waals surface area (Å²) in [6.07, 6.45) is 6.32. The molecular formula is C24H27BrClN3O3S. The monoisotopic (exact) mass is 551 g/mol. The molecule has 1 aliphatic carbocycles. The number of benzene rings is 2. The third-order valence-electron chi connectivity index (χ3n) is 5.29. The lowest BCUT2D eigenvalue weighted by atomic mass is 9.95. The molecule has 0 spiro atoms. The van der Waals surface area contributed by atoms with Crippen LogP contribution in [0.25, 0.3) is 0 Å². The normalized spacial score (nSPS) is 13.8. The molecule has 0 aliphatic heterocycles. The molecule has 2 aromatic rings. The van der Waals surface area contributed by atoms with E-state index in [0.29, 0.717) is 38.7 Å². The van der Waals surface area contributed by atoms with Gasteiger partial charge in [0.1, 0.15) is 5.75 Å². The standard InChI is InChI=1S/C24H27BrClN3O3S/c1-2-12-32-21-11-8-15(13-19(21)25)22(30)29-24(33)28-17-9-10-20(26)18(14-17)23(31)27-16-6-4-3-5-7-16/h8-11,13-14,16H,2-7,12H2,1H3,(H,27,31)(H2,28,29,30,33). The first-order chi connectivity index (χ1) is 15.9. The lowest BCUT2D eigenvalue weighted by Gasteiger charge is -2.23. The van der Waals surface area contributed by atoms with E-state index in [-0.39, 0.29) is 23.0 Å². The molecule has 2 aromatic carbocycles. The van der Waals surface area contributed by atoms with Gasteiger partial charge in [-0.05, 0) is 83.8 Å². The summed E-state index contributed by atoms with van der Waals surface area (Å²) in [5, 5.41) is 9.14. The van der Waals surface area contributed by atoms with Crippen LogP contribution >= 0.6 is 39.7 Å². The van der Waals surface area contributed by atoms with E-state index in [4.69, 9.17) is 28.6 Å². The third-order valence-corrected chi connectivity index (χ3v) is 6.45. The summed E-state index contributed by atoms with van der Waals surface area (Å²) in [5.41, 5.74) is 1.36. The molecule has 0 heterocycles. The van der Waals surface area contributed by atoms with Gasteiger partial charge in [-0.2, -0.15) is 0 Å². The molecule has 3 rings (SSSR count). The average molecular weight is 553 g/mol. The highest BCUT2D eigenvalue weighted by atomic mass is 79.9. The first kappa shape index (κ1) is 25.5. The zero-order chi connectivity index (χ0) is 23.8. The van der Waals surface area contributed by atoms with Crippen LogP contribution in [0.4, 0.5) is 5.69 Å². The lowest BCUT2D eigenvalue weighted by Crippen LogP contribution is -2.36. The summed E-state index contributed by atoms with van der Waals surface area (Å²) in [7, 11) is 0. The number of thiocarbonyl (C=S) groups is 1. The van der Waals surface area contributed by atoms with E-state index >= 15 is 0 Å². The number of ether oxygens (including phenoxy) is 1. The van der Waals surface area contributed by atoms with E-state index in [1.807, 2.05) is 6.92 Å². The minimum atomic E-state index is -0.362. The highest BCUT2D eigenvalue weighted by molar-refractivity contribution is 9.10. The Balaban J connectivity index is 1.60. The molecule has 1 saturated carbocycles. The highest BCUT2D eigenvalue weighted by Gasteiger charge is 2.19. The first-order valence-corrected chi connectivity index (χ1v) is 12.6. The Labute approximate surface area is 212 Å². The van der Waals surface area contributed by atoms with Crippen molar-refractivity contribution in [2.24, 2.45) is 0 Å². The minimum absolute atomic E-state index is 0.114. The summed E-state index contributed by atoms with van der Waals surface area (Å²) >= 11 is 15.0. The molecule has 0 unspecified atom stereocenters. The quantitative estimate of drug-likeness (QED) is 0.363. The van der Waals surface area contributed by atoms with Crippen LogP contribution in [-0.4, -0.2) is 29.6 Å². The minimum Gasteiger partial charge on any atom is -0.492 e. The Hall–Kier alpha value is -2.16. The Bertz CT molecular complexity index is 1030. The van der Waals surface area contributed by atoms with Crippen molar-refractivity contribution < 1.29 is 14.3 Å². The Morgan fingerprint density at radius 3 is 2.58 bits per heavy atom. The molecule has 0 radical (unpaired) electrons. The molecule has 33 heavy (non-hydrogen) atoms. The third kappa shape index (κ3) is 7.42. The maximum absolute atomic E-state index is 12.7. The number of rotatable bonds is 7. The van der Waals surface area contributed by atoms with Crippen molar-refractivity contribution in [3.8, 4) is 5.75 Å². The van der Waals surface area contributed by atoms with Gasteiger partial charge in [-0.1, -0.05) is 37.8 Å². The van der Waals surface area contributed by atoms with Crippen molar-refractivity contribution in [1.82, 2.24) is 10.6 Å². The fraction of sp³-hybridized carbons (Fsp3) is 0.375. The Morgan fingerprint density at radius 2 is 1.88 bits per heavy atom. The van der Waals surface area contributed by atoms with E-state index in [1.165, 1.54) is 6.42 Å². The van der Waals surface area contributed by atoms with Gasteiger partial charge in [0.15, 0.2) is 5.11 Å². The van der Waals surface area contributed by atoms with Gasteiger partial charge in [-0.25, -0.2) is 0 Å². The molecular weight excluding hydrogens is 526 g/mol. The average Bonchev–Trinajstić information content (AvgIpc) is 2.80. The van der Waals surface area contributed by atoms with E-state index in [1.54, 1.807) is 36.4 Å². The van der Waals surface area contributed by atoms with Crippen molar-refractivity contribution >= 4 is 62.4 Å². The maximum atomic E-state index is 12.7. The molecule has 9 heteroatoms. The van der Waals surface area contributed by atoms with E-state index in [2.05, 4.69) is 31.9 Å². The zero-order valence-corrected chi connectivity index (χ0v) is 21.5. The number of carbonyl (C=O) groups excluding carboxylic acids is 2. The van der Waals surface area contributed by atoms with Gasteiger partial charge < -0.3 is 15.4 Å². The molecule has 0 bridgehead atoms. The summed E-state index contributed by atoms with van der Waals surface area (Å²) < 4.78 is 6.30. The molecule has 3 N–H and O–H groups in total. The van der Waals surface area contributed by atoms with Crippen molar-refractivity contribution in [2.45, 2.75) is 51.5 Å². The number of carbonyl (C=O) groups is 2. The Kier molecular flexibility index (Phi) is 9.52. The lowest BCUT2D eigenvalue weighted by molar-refractivity contribution is 0.0926. The summed E-state index contributed by atoms with van der Waals surface area (Å²) in [6, 6.07) is 10.2. The maximum Gasteiger partial charge on any atom is 0.257 e. The second-order valence-corrected chi connectivity index (χ2v) is 9.57. The van der Waals surface area contributed by atoms with Gasteiger partial charge in [0, 0.05) is 17.3 Å². The van der Waals surface area contributed by atoms with Gasteiger partial charge in [0.05, 0.1) is 21.7 Å². The van der Waals surface area contributed by atoms with Crippen LogP contribution in [0.5, 0.6) is 5.75 Å². The van der Waals surface area contributed by atoms with Gasteiger partial charge >= 0.3 is 0 Å². The topological polar surface area (TPSA) is 79.5 Å². The van der Waals surface area contributed by atoms with Crippen molar-refractivity contribution in [3.63, 3.8) is 0 Å². The largest absolute Gasteiger partial charge is 0.492 e. The summed E-state index contributed by atoms with van der Waals surface area (Å²) in [6.45, 7) is 2.62. The number of halogens is 2. The SMILES string of the molecule is CCCOc1ccc(C(=O)NC(=S)Nc2ccc(Cl)c(C(=O)NC3CCCCC3)c2)cc1Br. The number of anilines is 1. The molecule has 0 aromatic heterocycles. The van der Waals surface area contributed by atoms with Gasteiger partial charge in [0.2, 0.25) is 0 Å². The van der Waals surface area contributed by atoms with Crippen LogP contribution in [0.1, 0.15) is 66.2 Å². The molecule has 0 atom stereocenters. The second kappa shape index (κ2) is 12.3. The number of amides is 2. The molecule has 0 saturated heterocycles. The van der Waals surface area contributed by atoms with Crippen LogP contribution in [-0.2, 0) is 0 Å².